The quantitative estimate of drug-likeness (QED) is 0.581. The van der Waals surface area contributed by atoms with E-state index in [1.807, 2.05) is 4.68 Å². The molecule has 0 spiro atoms. The second-order valence-corrected chi connectivity index (χ2v) is 4.71. The van der Waals surface area contributed by atoms with E-state index in [4.69, 9.17) is 11.1 Å². The molecule has 1 heterocycles. The summed E-state index contributed by atoms with van der Waals surface area (Å²) in [6.07, 6.45) is 4.16. The second-order valence-electron chi connectivity index (χ2n) is 4.71. The Hall–Kier alpha value is -1.32. The van der Waals surface area contributed by atoms with Crippen LogP contribution in [0.25, 0.3) is 0 Å². The van der Waals surface area contributed by atoms with Crippen LogP contribution in [-0.4, -0.2) is 15.6 Å². The van der Waals surface area contributed by atoms with Gasteiger partial charge in [-0.05, 0) is 18.8 Å². The zero-order valence-electron chi connectivity index (χ0n) is 9.33. The minimum Gasteiger partial charge on any atom is -0.384 e. The van der Waals surface area contributed by atoms with Crippen molar-refractivity contribution in [2.45, 2.75) is 39.2 Å². The molecule has 2 rings (SSSR count). The summed E-state index contributed by atoms with van der Waals surface area (Å²) in [7, 11) is 0. The highest BCUT2D eigenvalue weighted by molar-refractivity contribution is 5.96. The maximum Gasteiger partial charge on any atom is 0.126 e. The van der Waals surface area contributed by atoms with Gasteiger partial charge >= 0.3 is 0 Å². The second kappa shape index (κ2) is 3.68. The first-order chi connectivity index (χ1) is 7.09. The molecule has 1 aromatic heterocycles. The molecule has 3 N–H and O–H groups in total. The molecular weight excluding hydrogens is 188 g/mol. The fraction of sp³-hybridized carbons (Fsp3) is 0.636. The predicted molar refractivity (Wildman–Crippen MR) is 60.1 cm³/mol. The normalized spacial score (nSPS) is 15.9. The van der Waals surface area contributed by atoms with E-state index in [0.717, 1.165) is 12.1 Å². The highest BCUT2D eigenvalue weighted by Gasteiger charge is 2.31. The van der Waals surface area contributed by atoms with E-state index in [2.05, 4.69) is 18.9 Å². The molecule has 4 nitrogen and oxygen atoms in total. The molecule has 15 heavy (non-hydrogen) atoms. The van der Waals surface area contributed by atoms with Crippen LogP contribution in [0, 0.1) is 11.3 Å². The third-order valence-corrected chi connectivity index (χ3v) is 2.67. The van der Waals surface area contributed by atoms with Crippen LogP contribution in [-0.2, 0) is 6.54 Å². The van der Waals surface area contributed by atoms with Crippen molar-refractivity contribution in [2.75, 3.05) is 0 Å². The Morgan fingerprint density at radius 2 is 2.33 bits per heavy atom. The average molecular weight is 206 g/mol. The van der Waals surface area contributed by atoms with E-state index in [1.54, 1.807) is 6.20 Å². The highest BCUT2D eigenvalue weighted by Crippen LogP contribution is 2.41. The molecule has 1 saturated carbocycles. The fourth-order valence-corrected chi connectivity index (χ4v) is 1.88. The Kier molecular flexibility index (Phi) is 2.50. The molecule has 1 aliphatic carbocycles. The van der Waals surface area contributed by atoms with Gasteiger partial charge in [-0.2, -0.15) is 5.10 Å². The van der Waals surface area contributed by atoms with Gasteiger partial charge in [0.25, 0.3) is 0 Å². The largest absolute Gasteiger partial charge is 0.384 e. The van der Waals surface area contributed by atoms with Crippen molar-refractivity contribution in [3.63, 3.8) is 0 Å². The van der Waals surface area contributed by atoms with Crippen molar-refractivity contribution in [3.8, 4) is 0 Å². The van der Waals surface area contributed by atoms with Crippen LogP contribution < -0.4 is 5.73 Å². The summed E-state index contributed by atoms with van der Waals surface area (Å²) >= 11 is 0. The number of nitrogens with two attached hydrogens (primary N) is 1. The predicted octanol–water partition coefficient (Wildman–Crippen LogP) is 1.70. The van der Waals surface area contributed by atoms with Crippen molar-refractivity contribution in [1.82, 2.24) is 9.78 Å². The fourth-order valence-electron chi connectivity index (χ4n) is 1.88. The molecular formula is C11H18N4. The summed E-state index contributed by atoms with van der Waals surface area (Å²) in [6.45, 7) is 5.26. The van der Waals surface area contributed by atoms with Crippen LogP contribution in [0.4, 0.5) is 0 Å². The average Bonchev–Trinajstić information content (AvgIpc) is 2.87. The van der Waals surface area contributed by atoms with Gasteiger partial charge in [-0.3, -0.25) is 10.1 Å². The molecule has 0 aliphatic heterocycles. The van der Waals surface area contributed by atoms with Gasteiger partial charge in [0.15, 0.2) is 0 Å². The monoisotopic (exact) mass is 206 g/mol. The molecule has 0 aromatic carbocycles. The number of aromatic nitrogens is 2. The third-order valence-electron chi connectivity index (χ3n) is 2.67. The zero-order valence-corrected chi connectivity index (χ0v) is 9.33. The first kappa shape index (κ1) is 10.2. The maximum absolute atomic E-state index is 7.52. The molecule has 0 atom stereocenters. The van der Waals surface area contributed by atoms with Crippen LogP contribution in [0.3, 0.4) is 0 Å². The van der Waals surface area contributed by atoms with Crippen LogP contribution in [0.2, 0.25) is 0 Å². The summed E-state index contributed by atoms with van der Waals surface area (Å²) in [4.78, 5) is 0. The Morgan fingerprint density at radius 3 is 2.80 bits per heavy atom. The van der Waals surface area contributed by atoms with Crippen LogP contribution in [0.1, 0.15) is 43.9 Å². The summed E-state index contributed by atoms with van der Waals surface area (Å²) in [5.41, 5.74) is 7.56. The molecule has 0 radical (unpaired) electrons. The molecule has 0 amide bonds. The lowest BCUT2D eigenvalue weighted by molar-refractivity contribution is 0.469. The van der Waals surface area contributed by atoms with Crippen LogP contribution in [0.5, 0.6) is 0 Å². The van der Waals surface area contributed by atoms with Crippen molar-refractivity contribution in [1.29, 1.82) is 5.41 Å². The zero-order chi connectivity index (χ0) is 11.0. The molecule has 82 valence electrons. The van der Waals surface area contributed by atoms with Gasteiger partial charge in [-0.25, -0.2) is 0 Å². The summed E-state index contributed by atoms with van der Waals surface area (Å²) in [5, 5.41) is 11.9. The minimum atomic E-state index is 0.145. The number of hydrogen-bond acceptors (Lipinski definition) is 2. The third kappa shape index (κ3) is 2.03. The topological polar surface area (TPSA) is 67.7 Å². The Balaban J connectivity index is 2.33. The smallest absolute Gasteiger partial charge is 0.126 e. The number of nitrogens with one attached hydrogen (secondary N) is 1. The molecule has 4 heteroatoms. The Morgan fingerprint density at radius 1 is 1.67 bits per heavy atom. The molecule has 1 aromatic rings. The minimum absolute atomic E-state index is 0.145. The number of nitrogen functional groups attached to an aromatic ring is 1. The number of hydrogen-bond donors (Lipinski definition) is 2. The summed E-state index contributed by atoms with van der Waals surface area (Å²) in [5.74, 6) is 1.30. The SMILES string of the molecule is CC(C)Cn1ncc(C(=N)N)c1C1CC1. The Labute approximate surface area is 90.0 Å². The van der Waals surface area contributed by atoms with Crippen molar-refractivity contribution >= 4 is 5.84 Å². The van der Waals surface area contributed by atoms with Gasteiger partial charge < -0.3 is 5.73 Å². The van der Waals surface area contributed by atoms with Gasteiger partial charge in [-0.15, -0.1) is 0 Å². The van der Waals surface area contributed by atoms with Gasteiger partial charge in [0.2, 0.25) is 0 Å². The number of nitrogens with zero attached hydrogens (tertiary/aromatic N) is 2. The molecule has 0 bridgehead atoms. The van der Waals surface area contributed by atoms with Gasteiger partial charge in [0, 0.05) is 12.5 Å². The lowest BCUT2D eigenvalue weighted by Gasteiger charge is -2.10. The van der Waals surface area contributed by atoms with E-state index in [1.165, 1.54) is 18.5 Å². The van der Waals surface area contributed by atoms with E-state index in [-0.39, 0.29) is 5.84 Å². The van der Waals surface area contributed by atoms with E-state index in [0.29, 0.717) is 11.8 Å². The highest BCUT2D eigenvalue weighted by atomic mass is 15.3. The van der Waals surface area contributed by atoms with Gasteiger partial charge in [0.1, 0.15) is 5.84 Å². The van der Waals surface area contributed by atoms with Crippen LogP contribution >= 0.6 is 0 Å². The number of amidine groups is 1. The van der Waals surface area contributed by atoms with Crippen LogP contribution in [0.15, 0.2) is 6.20 Å². The molecule has 1 fully saturated rings. The van der Waals surface area contributed by atoms with Crippen molar-refractivity contribution in [2.24, 2.45) is 11.7 Å². The van der Waals surface area contributed by atoms with E-state index >= 15 is 0 Å². The summed E-state index contributed by atoms with van der Waals surface area (Å²) < 4.78 is 2.03. The Bertz CT molecular complexity index is 374. The van der Waals surface area contributed by atoms with E-state index in [9.17, 15) is 0 Å². The van der Waals surface area contributed by atoms with Gasteiger partial charge in [-0.1, -0.05) is 13.8 Å². The first-order valence-corrected chi connectivity index (χ1v) is 5.49. The van der Waals surface area contributed by atoms with Crippen molar-refractivity contribution < 1.29 is 0 Å². The lowest BCUT2D eigenvalue weighted by atomic mass is 10.1. The molecule has 1 aliphatic rings. The molecule has 0 unspecified atom stereocenters. The standard InChI is InChI=1S/C11H18N4/c1-7(2)6-15-10(8-3-4-8)9(5-14-15)11(12)13/h5,7-8H,3-4,6H2,1-2H3,(H3,12,13). The molecule has 0 saturated heterocycles. The lowest BCUT2D eigenvalue weighted by Crippen LogP contribution is -2.15. The van der Waals surface area contributed by atoms with E-state index < -0.39 is 0 Å². The van der Waals surface area contributed by atoms with Crippen molar-refractivity contribution in [3.05, 3.63) is 17.5 Å². The maximum atomic E-state index is 7.52. The number of rotatable bonds is 4. The summed E-state index contributed by atoms with van der Waals surface area (Å²) in [6, 6.07) is 0. The first-order valence-electron chi connectivity index (χ1n) is 5.49. The van der Waals surface area contributed by atoms with Gasteiger partial charge in [0.05, 0.1) is 17.5 Å².